The maximum Gasteiger partial charge on any atom is 0.0865 e. The lowest BCUT2D eigenvalue weighted by atomic mass is 9.99. The van der Waals surface area contributed by atoms with Crippen LogP contribution in [0.1, 0.15) is 0 Å². The highest BCUT2D eigenvalue weighted by molar-refractivity contribution is 4.93. The van der Waals surface area contributed by atoms with Gasteiger partial charge in [0.15, 0.2) is 0 Å². The lowest BCUT2D eigenvalue weighted by molar-refractivity contribution is -0.126. The van der Waals surface area contributed by atoms with E-state index in [2.05, 4.69) is 0 Å². The summed E-state index contributed by atoms with van der Waals surface area (Å²) in [6, 6.07) is 0. The van der Waals surface area contributed by atoms with Gasteiger partial charge in [0.1, 0.15) is 0 Å². The second kappa shape index (κ2) is 3.18. The second-order valence-electron chi connectivity index (χ2n) is 4.20. The van der Waals surface area contributed by atoms with Crippen LogP contribution in [0, 0.1) is 0 Å². The Morgan fingerprint density at radius 3 is 1.54 bits per heavy atom. The second-order valence-corrected chi connectivity index (χ2v) is 4.20. The first-order valence-corrected chi connectivity index (χ1v) is 4.43. The molecule has 5 nitrogen and oxygen atoms in total. The largest absolute Gasteiger partial charge is 0.377 e. The number of hydrogen-bond acceptors (Lipinski definition) is 5. The van der Waals surface area contributed by atoms with Crippen molar-refractivity contribution in [2.75, 3.05) is 39.6 Å². The van der Waals surface area contributed by atoms with E-state index in [1.54, 1.807) is 0 Å². The van der Waals surface area contributed by atoms with Gasteiger partial charge in [0, 0.05) is 0 Å². The van der Waals surface area contributed by atoms with Gasteiger partial charge >= 0.3 is 0 Å². The molecule has 0 aromatic rings. The van der Waals surface area contributed by atoms with Gasteiger partial charge in [-0.2, -0.15) is 0 Å². The van der Waals surface area contributed by atoms with E-state index >= 15 is 0 Å². The molecular formula is C8H16N2O3. The van der Waals surface area contributed by atoms with E-state index in [-0.39, 0.29) is 11.1 Å². The van der Waals surface area contributed by atoms with E-state index in [1.807, 2.05) is 0 Å². The van der Waals surface area contributed by atoms with Gasteiger partial charge < -0.3 is 25.7 Å². The number of rotatable bonds is 4. The molecule has 2 fully saturated rings. The van der Waals surface area contributed by atoms with E-state index in [0.29, 0.717) is 39.6 Å². The zero-order valence-corrected chi connectivity index (χ0v) is 7.62. The standard InChI is InChI=1S/C8H16N2O3/c9-7(1-11-2-7)5-13-6-8(10)3-12-4-8/h1-6,9-10H2. The summed E-state index contributed by atoms with van der Waals surface area (Å²) in [5.41, 5.74) is 11.2. The normalized spacial score (nSPS) is 29.1. The molecule has 0 aromatic heterocycles. The molecule has 0 radical (unpaired) electrons. The van der Waals surface area contributed by atoms with Gasteiger partial charge in [0.05, 0.1) is 50.7 Å². The van der Waals surface area contributed by atoms with Crippen molar-refractivity contribution in [1.29, 1.82) is 0 Å². The Kier molecular flexibility index (Phi) is 2.29. The smallest absolute Gasteiger partial charge is 0.0865 e. The van der Waals surface area contributed by atoms with Gasteiger partial charge in [-0.1, -0.05) is 0 Å². The van der Waals surface area contributed by atoms with Gasteiger partial charge in [-0.15, -0.1) is 0 Å². The molecule has 2 heterocycles. The van der Waals surface area contributed by atoms with Gasteiger partial charge in [-0.05, 0) is 0 Å². The summed E-state index contributed by atoms with van der Waals surface area (Å²) in [6.45, 7) is 3.38. The minimum atomic E-state index is -0.277. The summed E-state index contributed by atoms with van der Waals surface area (Å²) in [6.07, 6.45) is 0. The fourth-order valence-electron chi connectivity index (χ4n) is 1.35. The van der Waals surface area contributed by atoms with Crippen LogP contribution < -0.4 is 11.5 Å². The molecule has 2 saturated heterocycles. The van der Waals surface area contributed by atoms with Crippen molar-refractivity contribution in [3.8, 4) is 0 Å². The summed E-state index contributed by atoms with van der Waals surface area (Å²) in [7, 11) is 0. The van der Waals surface area contributed by atoms with Crippen molar-refractivity contribution in [1.82, 2.24) is 0 Å². The fraction of sp³-hybridized carbons (Fsp3) is 1.00. The van der Waals surface area contributed by atoms with Crippen LogP contribution in [0.3, 0.4) is 0 Å². The summed E-state index contributed by atoms with van der Waals surface area (Å²) >= 11 is 0. The monoisotopic (exact) mass is 188 g/mol. The highest BCUT2D eigenvalue weighted by Gasteiger charge is 2.38. The minimum absolute atomic E-state index is 0.277. The predicted octanol–water partition coefficient (Wildman–Crippen LogP) is -1.54. The Labute approximate surface area is 77.3 Å². The number of ether oxygens (including phenoxy) is 3. The lowest BCUT2D eigenvalue weighted by Crippen LogP contribution is -2.63. The molecule has 2 rings (SSSR count). The van der Waals surface area contributed by atoms with Crippen LogP contribution >= 0.6 is 0 Å². The van der Waals surface area contributed by atoms with Gasteiger partial charge in [-0.25, -0.2) is 0 Å². The zero-order valence-electron chi connectivity index (χ0n) is 7.62. The summed E-state index contributed by atoms with van der Waals surface area (Å²) < 4.78 is 15.4. The SMILES string of the molecule is NC1(COCC2(N)COC2)COC1. The van der Waals surface area contributed by atoms with Gasteiger partial charge in [0.2, 0.25) is 0 Å². The van der Waals surface area contributed by atoms with Crippen LogP contribution in [0.5, 0.6) is 0 Å². The van der Waals surface area contributed by atoms with E-state index in [0.717, 1.165) is 0 Å². The Morgan fingerprint density at radius 2 is 1.31 bits per heavy atom. The highest BCUT2D eigenvalue weighted by Crippen LogP contribution is 2.17. The highest BCUT2D eigenvalue weighted by atomic mass is 16.5. The molecule has 0 spiro atoms. The maximum absolute atomic E-state index is 5.87. The lowest BCUT2D eigenvalue weighted by Gasteiger charge is -2.40. The molecule has 5 heteroatoms. The molecular weight excluding hydrogens is 172 g/mol. The van der Waals surface area contributed by atoms with Crippen LogP contribution in [0.25, 0.3) is 0 Å². The molecule has 4 N–H and O–H groups in total. The Morgan fingerprint density at radius 1 is 0.923 bits per heavy atom. The quantitative estimate of drug-likeness (QED) is 0.559. The van der Waals surface area contributed by atoms with Crippen molar-refractivity contribution >= 4 is 0 Å². The molecule has 0 unspecified atom stereocenters. The molecule has 0 amide bonds. The van der Waals surface area contributed by atoms with Crippen LogP contribution in [0.4, 0.5) is 0 Å². The average Bonchev–Trinajstić information content (AvgIpc) is 1.98. The fourth-order valence-corrected chi connectivity index (χ4v) is 1.35. The van der Waals surface area contributed by atoms with Crippen molar-refractivity contribution in [3.63, 3.8) is 0 Å². The van der Waals surface area contributed by atoms with Gasteiger partial charge in [-0.3, -0.25) is 0 Å². The maximum atomic E-state index is 5.87. The molecule has 76 valence electrons. The van der Waals surface area contributed by atoms with Crippen molar-refractivity contribution in [3.05, 3.63) is 0 Å². The topological polar surface area (TPSA) is 79.7 Å². The molecule has 2 aliphatic heterocycles. The van der Waals surface area contributed by atoms with Crippen molar-refractivity contribution < 1.29 is 14.2 Å². The van der Waals surface area contributed by atoms with Crippen LogP contribution in [0.15, 0.2) is 0 Å². The van der Waals surface area contributed by atoms with E-state index in [9.17, 15) is 0 Å². The predicted molar refractivity (Wildman–Crippen MR) is 46.3 cm³/mol. The molecule has 0 saturated carbocycles. The first kappa shape index (κ1) is 9.36. The molecule has 0 aromatic carbocycles. The molecule has 13 heavy (non-hydrogen) atoms. The summed E-state index contributed by atoms with van der Waals surface area (Å²) in [5.74, 6) is 0. The van der Waals surface area contributed by atoms with Gasteiger partial charge in [0.25, 0.3) is 0 Å². The Hall–Kier alpha value is -0.200. The summed E-state index contributed by atoms with van der Waals surface area (Å²) in [5, 5.41) is 0. The van der Waals surface area contributed by atoms with Crippen LogP contribution in [0.2, 0.25) is 0 Å². The third-order valence-electron chi connectivity index (χ3n) is 2.34. The third kappa shape index (κ3) is 2.00. The Balaban J connectivity index is 1.63. The average molecular weight is 188 g/mol. The first-order chi connectivity index (χ1) is 6.12. The Bertz CT molecular complexity index is 170. The van der Waals surface area contributed by atoms with E-state index < -0.39 is 0 Å². The van der Waals surface area contributed by atoms with Crippen molar-refractivity contribution in [2.45, 2.75) is 11.1 Å². The van der Waals surface area contributed by atoms with E-state index in [4.69, 9.17) is 25.7 Å². The number of nitrogens with two attached hydrogens (primary N) is 2. The van der Waals surface area contributed by atoms with Crippen molar-refractivity contribution in [2.24, 2.45) is 11.5 Å². The molecule has 0 atom stereocenters. The minimum Gasteiger partial charge on any atom is -0.377 e. The third-order valence-corrected chi connectivity index (χ3v) is 2.34. The zero-order chi connectivity index (χ0) is 9.36. The molecule has 0 bridgehead atoms. The molecule has 0 aliphatic carbocycles. The molecule has 2 aliphatic rings. The van der Waals surface area contributed by atoms with Crippen LogP contribution in [-0.4, -0.2) is 50.7 Å². The summed E-state index contributed by atoms with van der Waals surface area (Å²) in [4.78, 5) is 0. The van der Waals surface area contributed by atoms with E-state index in [1.165, 1.54) is 0 Å². The number of hydrogen-bond donors (Lipinski definition) is 2. The van der Waals surface area contributed by atoms with Crippen LogP contribution in [-0.2, 0) is 14.2 Å². The first-order valence-electron chi connectivity index (χ1n) is 4.43.